The summed E-state index contributed by atoms with van der Waals surface area (Å²) in [5.41, 5.74) is 4.48. The molecule has 0 aliphatic heterocycles. The lowest BCUT2D eigenvalue weighted by Crippen LogP contribution is -2.32. The van der Waals surface area contributed by atoms with Crippen molar-refractivity contribution in [1.29, 1.82) is 0 Å². The Morgan fingerprint density at radius 3 is 2.47 bits per heavy atom. The standard InChI is InChI=1S/C13H20N2O2/c1-8-6-11(7-15-13(16)14-4)9(2)10(3)12(8)17-5/h6H,7H2,1-5H3,(H2,14,15,16). The molecule has 1 aromatic carbocycles. The molecule has 2 N–H and O–H groups in total. The van der Waals surface area contributed by atoms with Gasteiger partial charge < -0.3 is 15.4 Å². The fraction of sp³-hybridized carbons (Fsp3) is 0.462. The highest BCUT2D eigenvalue weighted by molar-refractivity contribution is 5.73. The molecule has 0 unspecified atom stereocenters. The maximum absolute atomic E-state index is 11.1. The highest BCUT2D eigenvalue weighted by Crippen LogP contribution is 2.28. The van der Waals surface area contributed by atoms with Gasteiger partial charge in [-0.1, -0.05) is 6.07 Å². The summed E-state index contributed by atoms with van der Waals surface area (Å²) < 4.78 is 5.36. The lowest BCUT2D eigenvalue weighted by molar-refractivity contribution is 0.242. The molecule has 0 aliphatic rings. The van der Waals surface area contributed by atoms with Crippen LogP contribution >= 0.6 is 0 Å². The Kier molecular flexibility index (Phi) is 4.37. The molecule has 1 rings (SSSR count). The molecule has 0 aliphatic carbocycles. The Bertz CT molecular complexity index is 428. The van der Waals surface area contributed by atoms with Gasteiger partial charge in [0.2, 0.25) is 0 Å². The van der Waals surface area contributed by atoms with E-state index in [0.717, 1.165) is 28.0 Å². The number of amides is 2. The van der Waals surface area contributed by atoms with E-state index in [0.29, 0.717) is 6.54 Å². The number of carbonyl (C=O) groups excluding carboxylic acids is 1. The van der Waals surface area contributed by atoms with Crippen molar-refractivity contribution in [3.05, 3.63) is 28.3 Å². The van der Waals surface area contributed by atoms with Gasteiger partial charge >= 0.3 is 6.03 Å². The van der Waals surface area contributed by atoms with Gasteiger partial charge in [0.25, 0.3) is 0 Å². The van der Waals surface area contributed by atoms with Crippen LogP contribution in [0.4, 0.5) is 4.79 Å². The van der Waals surface area contributed by atoms with Crippen LogP contribution < -0.4 is 15.4 Å². The van der Waals surface area contributed by atoms with Crippen molar-refractivity contribution in [3.63, 3.8) is 0 Å². The van der Waals surface area contributed by atoms with Gasteiger partial charge in [0, 0.05) is 13.6 Å². The fourth-order valence-electron chi connectivity index (χ4n) is 1.90. The SMILES string of the molecule is CNC(=O)NCc1cc(C)c(OC)c(C)c1C. The maximum Gasteiger partial charge on any atom is 0.314 e. The molecule has 0 aromatic heterocycles. The Morgan fingerprint density at radius 1 is 1.29 bits per heavy atom. The summed E-state index contributed by atoms with van der Waals surface area (Å²) in [7, 11) is 3.28. The van der Waals surface area contributed by atoms with Crippen molar-refractivity contribution < 1.29 is 9.53 Å². The monoisotopic (exact) mass is 236 g/mol. The van der Waals surface area contributed by atoms with Crippen LogP contribution in [0.3, 0.4) is 0 Å². The molecular weight excluding hydrogens is 216 g/mol. The number of hydrogen-bond acceptors (Lipinski definition) is 2. The molecule has 0 heterocycles. The second-order valence-electron chi connectivity index (χ2n) is 4.07. The highest BCUT2D eigenvalue weighted by Gasteiger charge is 2.10. The number of rotatable bonds is 3. The number of nitrogens with one attached hydrogen (secondary N) is 2. The van der Waals surface area contributed by atoms with E-state index in [-0.39, 0.29) is 6.03 Å². The lowest BCUT2D eigenvalue weighted by atomic mass is 9.98. The van der Waals surface area contributed by atoms with Gasteiger partial charge in [0.15, 0.2) is 0 Å². The summed E-state index contributed by atoms with van der Waals surface area (Å²) in [6, 6.07) is 1.88. The van der Waals surface area contributed by atoms with Crippen molar-refractivity contribution >= 4 is 6.03 Å². The van der Waals surface area contributed by atoms with E-state index in [1.807, 2.05) is 20.8 Å². The maximum atomic E-state index is 11.1. The Balaban J connectivity index is 2.98. The molecule has 0 bridgehead atoms. The molecule has 0 saturated heterocycles. The van der Waals surface area contributed by atoms with Crippen LogP contribution in [0.2, 0.25) is 0 Å². The van der Waals surface area contributed by atoms with E-state index in [4.69, 9.17) is 4.74 Å². The number of methoxy groups -OCH3 is 1. The van der Waals surface area contributed by atoms with Crippen molar-refractivity contribution in [3.8, 4) is 5.75 Å². The molecule has 0 fully saturated rings. The number of hydrogen-bond donors (Lipinski definition) is 2. The Morgan fingerprint density at radius 2 is 1.94 bits per heavy atom. The average Bonchev–Trinajstić information content (AvgIpc) is 2.32. The van der Waals surface area contributed by atoms with E-state index in [1.54, 1.807) is 14.2 Å². The van der Waals surface area contributed by atoms with Crippen LogP contribution in [0.5, 0.6) is 5.75 Å². The summed E-state index contributed by atoms with van der Waals surface area (Å²) in [6.07, 6.45) is 0. The zero-order chi connectivity index (χ0) is 13.0. The first-order valence-corrected chi connectivity index (χ1v) is 5.60. The van der Waals surface area contributed by atoms with Gasteiger partial charge in [0.05, 0.1) is 7.11 Å². The largest absolute Gasteiger partial charge is 0.496 e. The molecule has 2 amide bonds. The van der Waals surface area contributed by atoms with Crippen LogP contribution in [-0.2, 0) is 6.54 Å². The van der Waals surface area contributed by atoms with E-state index >= 15 is 0 Å². The van der Waals surface area contributed by atoms with Crippen LogP contribution in [0.25, 0.3) is 0 Å². The zero-order valence-corrected chi connectivity index (χ0v) is 11.1. The summed E-state index contributed by atoms with van der Waals surface area (Å²) in [5.74, 6) is 0.922. The molecule has 0 atom stereocenters. The minimum absolute atomic E-state index is 0.171. The quantitative estimate of drug-likeness (QED) is 0.844. The van der Waals surface area contributed by atoms with E-state index in [2.05, 4.69) is 16.7 Å². The molecular formula is C13H20N2O2. The summed E-state index contributed by atoms with van der Waals surface area (Å²) >= 11 is 0. The number of ether oxygens (including phenoxy) is 1. The molecule has 4 nitrogen and oxygen atoms in total. The van der Waals surface area contributed by atoms with Crippen LogP contribution in [0.1, 0.15) is 22.3 Å². The molecule has 0 radical (unpaired) electrons. The topological polar surface area (TPSA) is 50.4 Å². The Labute approximate surface area is 102 Å². The van der Waals surface area contributed by atoms with Gasteiger partial charge in [-0.05, 0) is 43.0 Å². The third kappa shape index (κ3) is 2.90. The number of aryl methyl sites for hydroxylation is 1. The fourth-order valence-corrected chi connectivity index (χ4v) is 1.90. The van der Waals surface area contributed by atoms with E-state index in [9.17, 15) is 4.79 Å². The Hall–Kier alpha value is -1.71. The van der Waals surface area contributed by atoms with Crippen LogP contribution in [0.15, 0.2) is 6.07 Å². The van der Waals surface area contributed by atoms with Gasteiger partial charge in [-0.15, -0.1) is 0 Å². The number of carbonyl (C=O) groups is 1. The van der Waals surface area contributed by atoms with Crippen LogP contribution in [0, 0.1) is 20.8 Å². The van der Waals surface area contributed by atoms with E-state index < -0.39 is 0 Å². The first kappa shape index (κ1) is 13.4. The van der Waals surface area contributed by atoms with Gasteiger partial charge in [0.1, 0.15) is 5.75 Å². The summed E-state index contributed by atoms with van der Waals surface area (Å²) in [6.45, 7) is 6.61. The summed E-state index contributed by atoms with van der Waals surface area (Å²) in [5, 5.41) is 5.32. The highest BCUT2D eigenvalue weighted by atomic mass is 16.5. The number of urea groups is 1. The minimum atomic E-state index is -0.171. The molecule has 0 saturated carbocycles. The first-order valence-electron chi connectivity index (χ1n) is 5.60. The predicted octanol–water partition coefficient (Wildman–Crippen LogP) is 2.05. The van der Waals surface area contributed by atoms with Crippen molar-refractivity contribution in [2.45, 2.75) is 27.3 Å². The molecule has 1 aromatic rings. The molecule has 4 heteroatoms. The zero-order valence-electron chi connectivity index (χ0n) is 11.1. The second kappa shape index (κ2) is 5.57. The minimum Gasteiger partial charge on any atom is -0.496 e. The molecule has 94 valence electrons. The molecule has 0 spiro atoms. The predicted molar refractivity (Wildman–Crippen MR) is 68.5 cm³/mol. The van der Waals surface area contributed by atoms with E-state index in [1.165, 1.54) is 0 Å². The first-order chi connectivity index (χ1) is 8.01. The summed E-state index contributed by atoms with van der Waals surface area (Å²) in [4.78, 5) is 11.1. The third-order valence-corrected chi connectivity index (χ3v) is 3.00. The lowest BCUT2D eigenvalue weighted by Gasteiger charge is -2.16. The van der Waals surface area contributed by atoms with Crippen molar-refractivity contribution in [2.75, 3.05) is 14.2 Å². The smallest absolute Gasteiger partial charge is 0.314 e. The van der Waals surface area contributed by atoms with Crippen molar-refractivity contribution in [1.82, 2.24) is 10.6 Å². The van der Waals surface area contributed by atoms with Gasteiger partial charge in [-0.25, -0.2) is 4.79 Å². The third-order valence-electron chi connectivity index (χ3n) is 3.00. The van der Waals surface area contributed by atoms with Gasteiger partial charge in [-0.3, -0.25) is 0 Å². The van der Waals surface area contributed by atoms with Gasteiger partial charge in [-0.2, -0.15) is 0 Å². The molecule has 17 heavy (non-hydrogen) atoms. The average molecular weight is 236 g/mol. The van der Waals surface area contributed by atoms with Crippen LogP contribution in [-0.4, -0.2) is 20.2 Å². The van der Waals surface area contributed by atoms with Crippen molar-refractivity contribution in [2.24, 2.45) is 0 Å². The number of benzene rings is 1. The second-order valence-corrected chi connectivity index (χ2v) is 4.07. The normalized spacial score (nSPS) is 9.94.